The van der Waals surface area contributed by atoms with Crippen molar-refractivity contribution in [2.45, 2.75) is 38.1 Å². The highest BCUT2D eigenvalue weighted by Crippen LogP contribution is 2.31. The van der Waals surface area contributed by atoms with E-state index in [1.54, 1.807) is 56.7 Å². The fourth-order valence-electron chi connectivity index (χ4n) is 4.94. The van der Waals surface area contributed by atoms with Gasteiger partial charge in [0.2, 0.25) is 10.0 Å². The maximum atomic E-state index is 13.0. The van der Waals surface area contributed by atoms with Crippen LogP contribution in [0.15, 0.2) is 52.7 Å². The summed E-state index contributed by atoms with van der Waals surface area (Å²) in [6.07, 6.45) is 5.97. The van der Waals surface area contributed by atoms with E-state index in [1.807, 2.05) is 20.0 Å². The van der Waals surface area contributed by atoms with Gasteiger partial charge in [-0.25, -0.2) is 13.4 Å². The van der Waals surface area contributed by atoms with Crippen molar-refractivity contribution < 1.29 is 23.1 Å². The zero-order valence-corrected chi connectivity index (χ0v) is 23.7. The SMILES string of the molecule is Cc1cc(C)c(S(=O)(=O)N[C@@H](CNC(=O)c2ccc3c(c2)C=N[N@+]3(C)CCCNc2ncc[nH]2)C(=O)O)c(C)c1. The number of quaternary nitrogens is 1. The van der Waals surface area contributed by atoms with Gasteiger partial charge in [-0.2, -0.15) is 9.31 Å². The third-order valence-corrected chi connectivity index (χ3v) is 8.53. The Morgan fingerprint density at radius 2 is 1.85 bits per heavy atom. The van der Waals surface area contributed by atoms with E-state index in [0.717, 1.165) is 29.8 Å². The number of aliphatic carboxylic acids is 1. The average Bonchev–Trinajstić information content (AvgIpc) is 3.51. The first kappa shape index (κ1) is 28.9. The zero-order chi connectivity index (χ0) is 29.1. The van der Waals surface area contributed by atoms with Crippen LogP contribution < -0.4 is 19.9 Å². The number of nitrogens with one attached hydrogen (secondary N) is 4. The van der Waals surface area contributed by atoms with Crippen molar-refractivity contribution in [1.29, 1.82) is 0 Å². The molecule has 0 unspecified atom stereocenters. The maximum Gasteiger partial charge on any atom is 0.323 e. The number of carbonyl (C=O) groups excluding carboxylic acids is 1. The topological polar surface area (TPSA) is 166 Å². The van der Waals surface area contributed by atoms with E-state index in [9.17, 15) is 23.1 Å². The standard InChI is InChI=1S/C27H33N7O5S/c1-17-12-18(2)24(19(3)13-17)40(38,39)33-22(26(36)37)16-31-25(35)20-6-7-23-21(14-20)15-32-34(23,4)11-5-8-28-27-29-9-10-30-27/h6-7,9-10,12-15,22,33H,5,8,11,16H2,1-4H3,(H3-,28,29,30,31,35,36,37)/p+1/t22-,34+/m0/s1. The second-order valence-corrected chi connectivity index (χ2v) is 11.7. The molecule has 0 saturated heterocycles. The van der Waals surface area contributed by atoms with Crippen LogP contribution in [-0.2, 0) is 14.8 Å². The van der Waals surface area contributed by atoms with E-state index < -0.39 is 34.5 Å². The summed E-state index contributed by atoms with van der Waals surface area (Å²) in [7, 11) is -2.17. The molecule has 0 fully saturated rings. The minimum absolute atomic E-state index is 0.0338. The largest absolute Gasteiger partial charge is 0.480 e. The number of imidazole rings is 1. The van der Waals surface area contributed by atoms with Gasteiger partial charge in [-0.3, -0.25) is 9.59 Å². The van der Waals surface area contributed by atoms with Gasteiger partial charge in [0.25, 0.3) is 5.91 Å². The van der Waals surface area contributed by atoms with E-state index >= 15 is 0 Å². The number of aromatic amines is 1. The molecule has 1 aliphatic rings. The molecule has 0 radical (unpaired) electrons. The molecule has 3 aromatic rings. The van der Waals surface area contributed by atoms with Crippen LogP contribution >= 0.6 is 0 Å². The maximum absolute atomic E-state index is 13.0. The summed E-state index contributed by atoms with van der Waals surface area (Å²) in [4.78, 5) is 31.9. The number of anilines is 1. The van der Waals surface area contributed by atoms with Gasteiger partial charge in [0.05, 0.1) is 23.7 Å². The molecule has 40 heavy (non-hydrogen) atoms. The van der Waals surface area contributed by atoms with Crippen LogP contribution in [0.5, 0.6) is 0 Å². The molecule has 0 aliphatic carbocycles. The minimum Gasteiger partial charge on any atom is -0.480 e. The number of benzene rings is 2. The van der Waals surface area contributed by atoms with Gasteiger partial charge in [0.1, 0.15) is 12.6 Å². The number of aromatic nitrogens is 2. The molecule has 0 bridgehead atoms. The third-order valence-electron chi connectivity index (χ3n) is 6.76. The molecule has 2 aromatic carbocycles. The Hall–Kier alpha value is -4.07. The normalized spacial score (nSPS) is 16.9. The summed E-state index contributed by atoms with van der Waals surface area (Å²) in [5.41, 5.74) is 3.96. The number of carbonyl (C=O) groups is 2. The van der Waals surface area contributed by atoms with Crippen LogP contribution in [-0.4, -0.2) is 74.3 Å². The first-order valence-electron chi connectivity index (χ1n) is 12.8. The molecule has 1 amide bonds. The second-order valence-electron chi connectivity index (χ2n) is 10.0. The van der Waals surface area contributed by atoms with Crippen molar-refractivity contribution in [2.75, 3.05) is 32.0 Å². The molecule has 0 spiro atoms. The summed E-state index contributed by atoms with van der Waals surface area (Å²) in [6, 6.07) is 7.06. The van der Waals surface area contributed by atoms with E-state index in [0.29, 0.717) is 33.8 Å². The smallest absolute Gasteiger partial charge is 0.323 e. The fourth-order valence-corrected chi connectivity index (χ4v) is 6.58. The summed E-state index contributed by atoms with van der Waals surface area (Å²) in [5.74, 6) is -1.21. The van der Waals surface area contributed by atoms with Crippen molar-refractivity contribution >= 4 is 39.8 Å². The average molecular weight is 569 g/mol. The van der Waals surface area contributed by atoms with Gasteiger partial charge in [-0.15, -0.1) is 0 Å². The van der Waals surface area contributed by atoms with Crippen LogP contribution in [0, 0.1) is 20.8 Å². The number of carboxylic acid groups (broad SMARTS) is 1. The first-order chi connectivity index (χ1) is 18.9. The molecule has 4 rings (SSSR count). The number of nitrogens with zero attached hydrogens (tertiary/aromatic N) is 3. The Morgan fingerprint density at radius 1 is 1.12 bits per heavy atom. The zero-order valence-electron chi connectivity index (χ0n) is 22.9. The van der Waals surface area contributed by atoms with Gasteiger partial charge in [-0.1, -0.05) is 22.8 Å². The van der Waals surface area contributed by atoms with Crippen LogP contribution in [0.1, 0.15) is 39.0 Å². The third kappa shape index (κ3) is 6.38. The molecule has 2 heterocycles. The monoisotopic (exact) mass is 568 g/mol. The number of carboxylic acids is 1. The molecule has 0 saturated carbocycles. The van der Waals surface area contributed by atoms with Crippen molar-refractivity contribution in [3.8, 4) is 0 Å². The van der Waals surface area contributed by atoms with Crippen molar-refractivity contribution in [3.63, 3.8) is 0 Å². The Morgan fingerprint density at radius 3 is 2.50 bits per heavy atom. The van der Waals surface area contributed by atoms with Crippen molar-refractivity contribution in [1.82, 2.24) is 24.6 Å². The lowest BCUT2D eigenvalue weighted by molar-refractivity contribution is -0.138. The number of sulfonamides is 1. The predicted octanol–water partition coefficient (Wildman–Crippen LogP) is 2.28. The van der Waals surface area contributed by atoms with E-state index in [4.69, 9.17) is 0 Å². The van der Waals surface area contributed by atoms with Gasteiger partial charge in [0.15, 0.2) is 11.6 Å². The lowest BCUT2D eigenvalue weighted by Gasteiger charge is -2.24. The van der Waals surface area contributed by atoms with Crippen LogP contribution in [0.2, 0.25) is 0 Å². The number of H-pyrrole nitrogens is 1. The minimum atomic E-state index is -4.15. The number of fused-ring (bicyclic) bond motifs is 1. The second kappa shape index (κ2) is 11.6. The Bertz CT molecular complexity index is 1530. The van der Waals surface area contributed by atoms with E-state index in [1.165, 1.54) is 0 Å². The summed E-state index contributed by atoms with van der Waals surface area (Å²) in [6.45, 7) is 6.17. The van der Waals surface area contributed by atoms with Crippen molar-refractivity contribution in [3.05, 3.63) is 70.5 Å². The number of hydrogen-bond acceptors (Lipinski definition) is 7. The van der Waals surface area contributed by atoms with E-state index in [2.05, 4.69) is 30.4 Å². The lowest BCUT2D eigenvalue weighted by atomic mass is 10.1. The fraction of sp³-hybridized carbons (Fsp3) is 0.333. The van der Waals surface area contributed by atoms with Gasteiger partial charge < -0.3 is 20.7 Å². The molecule has 1 aliphatic heterocycles. The number of aryl methyl sites for hydroxylation is 3. The van der Waals surface area contributed by atoms with Crippen LogP contribution in [0.3, 0.4) is 0 Å². The Balaban J connectivity index is 1.38. The molecular formula is C27H34N7O5S+. The highest BCUT2D eigenvalue weighted by Gasteiger charge is 2.33. The quantitative estimate of drug-likeness (QED) is 0.165. The molecule has 212 valence electrons. The molecular weight excluding hydrogens is 534 g/mol. The Labute approximate surface area is 233 Å². The summed E-state index contributed by atoms with van der Waals surface area (Å²) in [5, 5.41) is 20.1. The molecule has 12 nitrogen and oxygen atoms in total. The van der Waals surface area contributed by atoms with Gasteiger partial charge in [0, 0.05) is 43.5 Å². The number of amides is 1. The summed E-state index contributed by atoms with van der Waals surface area (Å²) < 4.78 is 28.6. The lowest BCUT2D eigenvalue weighted by Crippen LogP contribution is -2.48. The van der Waals surface area contributed by atoms with Gasteiger partial charge in [-0.05, 0) is 44.0 Å². The predicted molar refractivity (Wildman–Crippen MR) is 153 cm³/mol. The first-order valence-corrected chi connectivity index (χ1v) is 14.3. The summed E-state index contributed by atoms with van der Waals surface area (Å²) >= 11 is 0. The van der Waals surface area contributed by atoms with Crippen molar-refractivity contribution in [2.24, 2.45) is 5.10 Å². The molecule has 1 aromatic heterocycles. The van der Waals surface area contributed by atoms with Gasteiger partial charge >= 0.3 is 5.97 Å². The Kier molecular flexibility index (Phi) is 8.37. The molecule has 5 N–H and O–H groups in total. The highest BCUT2D eigenvalue weighted by atomic mass is 32.2. The van der Waals surface area contributed by atoms with Crippen LogP contribution in [0.25, 0.3) is 0 Å². The van der Waals surface area contributed by atoms with E-state index in [-0.39, 0.29) is 4.90 Å². The molecule has 2 atom stereocenters. The van der Waals surface area contributed by atoms with Crippen LogP contribution in [0.4, 0.5) is 11.6 Å². The number of hydrogen-bond donors (Lipinski definition) is 5. The number of rotatable bonds is 12. The molecule has 13 heteroatoms. The highest BCUT2D eigenvalue weighted by molar-refractivity contribution is 7.89.